The van der Waals surface area contributed by atoms with Gasteiger partial charge in [-0.25, -0.2) is 19.2 Å². The molecule has 0 aliphatic carbocycles. The van der Waals surface area contributed by atoms with Gasteiger partial charge in [-0.15, -0.1) is 0 Å². The first-order chi connectivity index (χ1) is 16.1. The van der Waals surface area contributed by atoms with Gasteiger partial charge in [0.05, 0.1) is 44.2 Å². The standard InChI is InChI=1S/C22H30O12/c1-4-17(26)31-13-22(14-32-18(27)5-2,15-33-19(28)6-3)16-34-20(29)7-8-30-12-21(9-23,10-24)11-25/h4-8,23-25H,1-3,9-16H2. The number of hydrogen-bond donors (Lipinski definition) is 3. The van der Waals surface area contributed by atoms with Gasteiger partial charge in [-0.3, -0.25) is 0 Å². The lowest BCUT2D eigenvalue weighted by Crippen LogP contribution is -2.43. The Bertz CT molecular complexity index is 683. The summed E-state index contributed by atoms with van der Waals surface area (Å²) in [5.41, 5.74) is -2.79. The molecule has 0 aromatic rings. The highest BCUT2D eigenvalue weighted by Crippen LogP contribution is 2.22. The van der Waals surface area contributed by atoms with E-state index in [9.17, 15) is 34.5 Å². The van der Waals surface area contributed by atoms with Gasteiger partial charge in [0.15, 0.2) is 0 Å². The third-order valence-corrected chi connectivity index (χ3v) is 4.28. The molecule has 0 spiro atoms. The van der Waals surface area contributed by atoms with Crippen LogP contribution >= 0.6 is 0 Å². The molecule has 0 aromatic carbocycles. The summed E-state index contributed by atoms with van der Waals surface area (Å²) >= 11 is 0. The molecule has 0 saturated heterocycles. The molecule has 0 aliphatic heterocycles. The Balaban J connectivity index is 5.37. The number of rotatable bonds is 18. The lowest BCUT2D eigenvalue weighted by atomic mass is 9.92. The van der Waals surface area contributed by atoms with Gasteiger partial charge in [-0.1, -0.05) is 19.7 Å². The van der Waals surface area contributed by atoms with Crippen LogP contribution in [0.1, 0.15) is 0 Å². The third kappa shape index (κ3) is 11.4. The maximum absolute atomic E-state index is 12.1. The highest BCUT2D eigenvalue weighted by Gasteiger charge is 2.37. The molecule has 0 saturated carbocycles. The summed E-state index contributed by atoms with van der Waals surface area (Å²) < 4.78 is 25.2. The van der Waals surface area contributed by atoms with Crippen LogP contribution in [0.25, 0.3) is 0 Å². The smallest absolute Gasteiger partial charge is 0.333 e. The van der Waals surface area contributed by atoms with Crippen LogP contribution in [-0.2, 0) is 42.9 Å². The van der Waals surface area contributed by atoms with Gasteiger partial charge in [0, 0.05) is 18.2 Å². The third-order valence-electron chi connectivity index (χ3n) is 4.28. The van der Waals surface area contributed by atoms with Crippen molar-refractivity contribution in [1.82, 2.24) is 0 Å². The van der Waals surface area contributed by atoms with Gasteiger partial charge in [0.2, 0.25) is 0 Å². The molecule has 190 valence electrons. The van der Waals surface area contributed by atoms with Crippen LogP contribution in [0.3, 0.4) is 0 Å². The number of carbonyl (C=O) groups is 4. The molecule has 0 atom stereocenters. The molecule has 0 fully saturated rings. The molecular weight excluding hydrogens is 456 g/mol. The lowest BCUT2D eigenvalue weighted by molar-refractivity contribution is -0.164. The second kappa shape index (κ2) is 16.2. The average Bonchev–Trinajstić information content (AvgIpc) is 2.87. The van der Waals surface area contributed by atoms with Gasteiger partial charge >= 0.3 is 23.9 Å². The molecule has 0 radical (unpaired) electrons. The van der Waals surface area contributed by atoms with E-state index in [2.05, 4.69) is 19.7 Å². The molecule has 34 heavy (non-hydrogen) atoms. The molecular formula is C22H30O12. The van der Waals surface area contributed by atoms with Gasteiger partial charge in [-0.2, -0.15) is 0 Å². The molecule has 0 aromatic heterocycles. The topological polar surface area (TPSA) is 175 Å². The van der Waals surface area contributed by atoms with E-state index in [-0.39, 0.29) is 6.61 Å². The maximum Gasteiger partial charge on any atom is 0.333 e. The molecule has 0 aliphatic rings. The van der Waals surface area contributed by atoms with Crippen LogP contribution in [0.5, 0.6) is 0 Å². The van der Waals surface area contributed by atoms with Gasteiger partial charge in [-0.05, 0) is 0 Å². The summed E-state index contributed by atoms with van der Waals surface area (Å²) in [5, 5.41) is 27.7. The fourth-order valence-corrected chi connectivity index (χ4v) is 1.99. The molecule has 0 amide bonds. The van der Waals surface area contributed by atoms with Crippen molar-refractivity contribution in [2.45, 2.75) is 0 Å². The van der Waals surface area contributed by atoms with Crippen molar-refractivity contribution in [3.05, 3.63) is 50.3 Å². The van der Waals surface area contributed by atoms with Crippen LogP contribution in [-0.4, -0.2) is 92.1 Å². The first-order valence-corrected chi connectivity index (χ1v) is 9.80. The number of carbonyl (C=O) groups excluding carboxylic acids is 4. The van der Waals surface area contributed by atoms with Crippen LogP contribution in [0.15, 0.2) is 50.3 Å². The largest absolute Gasteiger partial charge is 0.500 e. The van der Waals surface area contributed by atoms with Gasteiger partial charge in [0.25, 0.3) is 0 Å². The molecule has 0 rings (SSSR count). The van der Waals surface area contributed by atoms with Crippen molar-refractivity contribution in [1.29, 1.82) is 0 Å². The SMILES string of the molecule is C=CC(=O)OCC(COC(=O)C=C)(COC(=O)C=C)COC(=O)C=COCC(CO)(CO)CO. The van der Waals surface area contributed by atoms with Crippen molar-refractivity contribution in [2.24, 2.45) is 10.8 Å². The molecule has 12 heteroatoms. The summed E-state index contributed by atoms with van der Waals surface area (Å²) in [5.74, 6) is -3.41. The number of ether oxygens (including phenoxy) is 5. The van der Waals surface area contributed by atoms with E-state index in [0.29, 0.717) is 0 Å². The van der Waals surface area contributed by atoms with Crippen LogP contribution in [0, 0.1) is 10.8 Å². The van der Waals surface area contributed by atoms with E-state index in [1.807, 2.05) is 0 Å². The van der Waals surface area contributed by atoms with E-state index < -0.39 is 81.0 Å². The monoisotopic (exact) mass is 486 g/mol. The fraction of sp³-hybridized carbons (Fsp3) is 0.455. The normalized spacial score (nSPS) is 11.3. The predicted molar refractivity (Wildman–Crippen MR) is 116 cm³/mol. The number of aliphatic hydroxyl groups is 3. The summed E-state index contributed by atoms with van der Waals surface area (Å²) in [4.78, 5) is 46.7. The Morgan fingerprint density at radius 3 is 1.26 bits per heavy atom. The Hall–Kier alpha value is -3.48. The second-order valence-electron chi connectivity index (χ2n) is 7.13. The minimum Gasteiger partial charge on any atom is -0.500 e. The number of aliphatic hydroxyl groups excluding tert-OH is 3. The van der Waals surface area contributed by atoms with Gasteiger partial charge in [0.1, 0.15) is 31.8 Å². The van der Waals surface area contributed by atoms with Crippen LogP contribution < -0.4 is 0 Å². The molecule has 12 nitrogen and oxygen atoms in total. The zero-order valence-electron chi connectivity index (χ0n) is 18.7. The lowest BCUT2D eigenvalue weighted by Gasteiger charge is -2.31. The van der Waals surface area contributed by atoms with Crippen molar-refractivity contribution in [3.63, 3.8) is 0 Å². The Kier molecular flexibility index (Phi) is 14.5. The first kappa shape index (κ1) is 30.5. The molecule has 0 bridgehead atoms. The van der Waals surface area contributed by atoms with Crippen molar-refractivity contribution >= 4 is 23.9 Å². The highest BCUT2D eigenvalue weighted by molar-refractivity contribution is 5.82. The molecule has 3 N–H and O–H groups in total. The first-order valence-electron chi connectivity index (χ1n) is 9.80. The van der Waals surface area contributed by atoms with E-state index >= 15 is 0 Å². The summed E-state index contributed by atoms with van der Waals surface area (Å²) in [7, 11) is 0. The van der Waals surface area contributed by atoms with Crippen molar-refractivity contribution in [3.8, 4) is 0 Å². The fourth-order valence-electron chi connectivity index (χ4n) is 1.99. The highest BCUT2D eigenvalue weighted by atomic mass is 16.6. The van der Waals surface area contributed by atoms with Crippen molar-refractivity contribution < 1.29 is 58.2 Å². The number of hydrogen-bond acceptors (Lipinski definition) is 12. The van der Waals surface area contributed by atoms with Crippen LogP contribution in [0.4, 0.5) is 0 Å². The minimum atomic E-state index is -1.49. The molecule has 0 unspecified atom stereocenters. The minimum absolute atomic E-state index is 0.295. The quantitative estimate of drug-likeness (QED) is 0.0953. The summed E-state index contributed by atoms with van der Waals surface area (Å²) in [6.45, 7) is 5.85. The van der Waals surface area contributed by atoms with E-state index in [1.165, 1.54) is 0 Å². The van der Waals surface area contributed by atoms with Crippen molar-refractivity contribution in [2.75, 3.05) is 52.9 Å². The summed E-state index contributed by atoms with van der Waals surface area (Å²) in [6, 6.07) is 0. The second-order valence-corrected chi connectivity index (χ2v) is 7.13. The maximum atomic E-state index is 12.1. The molecule has 0 heterocycles. The van der Waals surface area contributed by atoms with E-state index in [1.54, 1.807) is 0 Å². The Labute approximate surface area is 196 Å². The zero-order chi connectivity index (χ0) is 26.0. The zero-order valence-corrected chi connectivity index (χ0v) is 18.7. The van der Waals surface area contributed by atoms with Crippen LogP contribution in [0.2, 0.25) is 0 Å². The van der Waals surface area contributed by atoms with E-state index in [4.69, 9.17) is 23.7 Å². The average molecular weight is 486 g/mol. The van der Waals surface area contributed by atoms with E-state index in [0.717, 1.165) is 30.6 Å². The summed E-state index contributed by atoms with van der Waals surface area (Å²) in [6.07, 6.45) is 4.43. The Morgan fingerprint density at radius 1 is 0.588 bits per heavy atom. The van der Waals surface area contributed by atoms with Gasteiger partial charge < -0.3 is 39.0 Å². The number of esters is 4. The Morgan fingerprint density at radius 2 is 0.941 bits per heavy atom. The predicted octanol–water partition coefficient (Wildman–Crippen LogP) is -0.803.